The molecule has 1 atom stereocenters. The summed E-state index contributed by atoms with van der Waals surface area (Å²) in [5, 5.41) is 4.16. The summed E-state index contributed by atoms with van der Waals surface area (Å²) in [6, 6.07) is 4.10. The summed E-state index contributed by atoms with van der Waals surface area (Å²) in [5.74, 6) is 1.07. The first-order chi connectivity index (χ1) is 9.60. The third kappa shape index (κ3) is 3.77. The van der Waals surface area contributed by atoms with Crippen LogP contribution < -0.4 is 5.73 Å². The fraction of sp³-hybridized carbons (Fsp3) is 0.429. The molecule has 2 rings (SSSR count). The van der Waals surface area contributed by atoms with Crippen LogP contribution in [-0.2, 0) is 6.42 Å². The van der Waals surface area contributed by atoms with Gasteiger partial charge in [-0.15, -0.1) is 0 Å². The van der Waals surface area contributed by atoms with E-state index in [2.05, 4.69) is 17.1 Å². The second kappa shape index (κ2) is 6.81. The first kappa shape index (κ1) is 14.9. The second-order valence-corrected chi connectivity index (χ2v) is 5.26. The van der Waals surface area contributed by atoms with Gasteiger partial charge in [0.1, 0.15) is 5.82 Å². The van der Waals surface area contributed by atoms with E-state index < -0.39 is 5.82 Å². The Balaban J connectivity index is 2.05. The first-order valence-corrected chi connectivity index (χ1v) is 6.96. The Kier molecular flexibility index (Phi) is 5.09. The number of halogens is 2. The molecule has 2 aromatic rings. The van der Waals surface area contributed by atoms with Crippen LogP contribution in [0, 0.1) is 11.7 Å². The van der Waals surface area contributed by atoms with Crippen molar-refractivity contribution in [3.8, 4) is 11.4 Å². The largest absolute Gasteiger partial charge is 0.339 e. The summed E-state index contributed by atoms with van der Waals surface area (Å²) in [6.07, 6.45) is 2.62. The molecule has 0 aliphatic carbocycles. The van der Waals surface area contributed by atoms with E-state index >= 15 is 0 Å². The average molecular weight is 298 g/mol. The first-order valence-electron chi connectivity index (χ1n) is 6.58. The summed E-state index contributed by atoms with van der Waals surface area (Å²) in [4.78, 5) is 4.29. The van der Waals surface area contributed by atoms with Crippen LogP contribution in [0.4, 0.5) is 4.39 Å². The molecular formula is C14H17ClFN3O. The van der Waals surface area contributed by atoms with Crippen molar-refractivity contribution >= 4 is 11.6 Å². The van der Waals surface area contributed by atoms with Gasteiger partial charge in [0, 0.05) is 12.0 Å². The number of nitrogens with two attached hydrogens (primary N) is 1. The van der Waals surface area contributed by atoms with Crippen LogP contribution in [0.2, 0.25) is 5.02 Å². The molecule has 1 aromatic carbocycles. The molecule has 0 spiro atoms. The SMILES string of the molecule is CC(CCN)CCc1nc(-c2ccc(F)cc2Cl)no1. The lowest BCUT2D eigenvalue weighted by atomic mass is 10.0. The minimum absolute atomic E-state index is 0.272. The summed E-state index contributed by atoms with van der Waals surface area (Å²) < 4.78 is 18.2. The van der Waals surface area contributed by atoms with Crippen molar-refractivity contribution < 1.29 is 8.91 Å². The quantitative estimate of drug-likeness (QED) is 0.887. The van der Waals surface area contributed by atoms with Crippen LogP contribution in [0.1, 0.15) is 25.7 Å². The van der Waals surface area contributed by atoms with Gasteiger partial charge in [-0.1, -0.05) is 23.7 Å². The number of aromatic nitrogens is 2. The van der Waals surface area contributed by atoms with Crippen LogP contribution in [0.5, 0.6) is 0 Å². The monoisotopic (exact) mass is 297 g/mol. The van der Waals surface area contributed by atoms with Crippen molar-refractivity contribution in [2.45, 2.75) is 26.2 Å². The van der Waals surface area contributed by atoms with Gasteiger partial charge < -0.3 is 10.3 Å². The molecule has 4 nitrogen and oxygen atoms in total. The van der Waals surface area contributed by atoms with E-state index in [0.717, 1.165) is 12.8 Å². The molecule has 108 valence electrons. The van der Waals surface area contributed by atoms with E-state index in [1.165, 1.54) is 12.1 Å². The van der Waals surface area contributed by atoms with Gasteiger partial charge in [0.15, 0.2) is 0 Å². The van der Waals surface area contributed by atoms with Gasteiger partial charge >= 0.3 is 0 Å². The van der Waals surface area contributed by atoms with Crippen molar-refractivity contribution in [3.05, 3.63) is 34.9 Å². The Hall–Kier alpha value is -1.46. The fourth-order valence-corrected chi connectivity index (χ4v) is 2.19. The van der Waals surface area contributed by atoms with Crippen LogP contribution in [0.3, 0.4) is 0 Å². The molecule has 20 heavy (non-hydrogen) atoms. The molecule has 0 aliphatic rings. The maximum atomic E-state index is 13.0. The zero-order valence-corrected chi connectivity index (χ0v) is 12.0. The molecule has 0 amide bonds. The molecule has 6 heteroatoms. The van der Waals surface area contributed by atoms with Crippen molar-refractivity contribution in [1.29, 1.82) is 0 Å². The lowest BCUT2D eigenvalue weighted by Crippen LogP contribution is -2.06. The van der Waals surface area contributed by atoms with Crippen molar-refractivity contribution in [1.82, 2.24) is 10.1 Å². The highest BCUT2D eigenvalue weighted by Gasteiger charge is 2.13. The molecule has 1 aromatic heterocycles. The standard InChI is InChI=1S/C14H17ClFN3O/c1-9(6-7-17)2-5-13-18-14(19-20-13)11-4-3-10(16)8-12(11)15/h3-4,8-9H,2,5-7,17H2,1H3. The number of hydrogen-bond donors (Lipinski definition) is 1. The summed E-state index contributed by atoms with van der Waals surface area (Å²) in [5.41, 5.74) is 6.08. The van der Waals surface area contributed by atoms with Crippen LogP contribution in [0.15, 0.2) is 22.7 Å². The maximum absolute atomic E-state index is 13.0. The number of benzene rings is 1. The molecule has 0 bridgehead atoms. The van der Waals surface area contributed by atoms with Gasteiger partial charge in [0.05, 0.1) is 5.02 Å². The Bertz CT molecular complexity index is 573. The summed E-state index contributed by atoms with van der Waals surface area (Å²) >= 11 is 5.97. The van der Waals surface area contributed by atoms with Crippen LogP contribution in [-0.4, -0.2) is 16.7 Å². The minimum Gasteiger partial charge on any atom is -0.339 e. The molecule has 0 saturated heterocycles. The van der Waals surface area contributed by atoms with Gasteiger partial charge in [0.2, 0.25) is 11.7 Å². The van der Waals surface area contributed by atoms with E-state index in [1.807, 2.05) is 0 Å². The molecule has 2 N–H and O–H groups in total. The van der Waals surface area contributed by atoms with E-state index in [-0.39, 0.29) is 5.02 Å². The van der Waals surface area contributed by atoms with Crippen molar-refractivity contribution in [3.63, 3.8) is 0 Å². The highest BCUT2D eigenvalue weighted by molar-refractivity contribution is 6.33. The van der Waals surface area contributed by atoms with Crippen molar-refractivity contribution in [2.24, 2.45) is 11.7 Å². The van der Waals surface area contributed by atoms with Gasteiger partial charge in [-0.3, -0.25) is 0 Å². The molecule has 0 aliphatic heterocycles. The average Bonchev–Trinajstić information content (AvgIpc) is 2.85. The molecule has 0 radical (unpaired) electrons. The fourth-order valence-electron chi connectivity index (χ4n) is 1.94. The molecule has 0 fully saturated rings. The van der Waals surface area contributed by atoms with Gasteiger partial charge in [-0.25, -0.2) is 4.39 Å². The van der Waals surface area contributed by atoms with E-state index in [4.69, 9.17) is 21.9 Å². The second-order valence-electron chi connectivity index (χ2n) is 4.86. The van der Waals surface area contributed by atoms with Gasteiger partial charge in [-0.05, 0) is 43.5 Å². The van der Waals surface area contributed by atoms with E-state index in [0.29, 0.717) is 36.2 Å². The van der Waals surface area contributed by atoms with Crippen LogP contribution in [0.25, 0.3) is 11.4 Å². The number of aryl methyl sites for hydroxylation is 1. The zero-order valence-electron chi connectivity index (χ0n) is 11.3. The minimum atomic E-state index is -0.391. The predicted octanol–water partition coefficient (Wildman–Crippen LogP) is 3.45. The summed E-state index contributed by atoms with van der Waals surface area (Å²) in [7, 11) is 0. The third-order valence-electron chi connectivity index (χ3n) is 3.15. The predicted molar refractivity (Wildman–Crippen MR) is 75.9 cm³/mol. The molecule has 0 saturated carbocycles. The smallest absolute Gasteiger partial charge is 0.226 e. The lowest BCUT2D eigenvalue weighted by Gasteiger charge is -2.06. The lowest BCUT2D eigenvalue weighted by molar-refractivity contribution is 0.362. The van der Waals surface area contributed by atoms with E-state index in [1.54, 1.807) is 6.07 Å². The molecular weight excluding hydrogens is 281 g/mol. The van der Waals surface area contributed by atoms with Crippen molar-refractivity contribution in [2.75, 3.05) is 6.54 Å². The van der Waals surface area contributed by atoms with Gasteiger partial charge in [-0.2, -0.15) is 4.98 Å². The molecule has 1 heterocycles. The zero-order chi connectivity index (χ0) is 14.5. The maximum Gasteiger partial charge on any atom is 0.226 e. The number of hydrogen-bond acceptors (Lipinski definition) is 4. The highest BCUT2D eigenvalue weighted by atomic mass is 35.5. The van der Waals surface area contributed by atoms with Crippen LogP contribution >= 0.6 is 11.6 Å². The highest BCUT2D eigenvalue weighted by Crippen LogP contribution is 2.26. The van der Waals surface area contributed by atoms with E-state index in [9.17, 15) is 4.39 Å². The Morgan fingerprint density at radius 2 is 2.20 bits per heavy atom. The number of rotatable bonds is 6. The topological polar surface area (TPSA) is 64.9 Å². The Morgan fingerprint density at radius 3 is 2.90 bits per heavy atom. The molecule has 1 unspecified atom stereocenters. The van der Waals surface area contributed by atoms with Gasteiger partial charge in [0.25, 0.3) is 0 Å². The Labute approximate surface area is 122 Å². The normalized spacial score (nSPS) is 12.6. The third-order valence-corrected chi connectivity index (χ3v) is 3.46. The Morgan fingerprint density at radius 1 is 1.40 bits per heavy atom. The summed E-state index contributed by atoms with van der Waals surface area (Å²) in [6.45, 7) is 2.82. The number of nitrogens with zero attached hydrogens (tertiary/aromatic N) is 2.